The van der Waals surface area contributed by atoms with Gasteiger partial charge in [0.15, 0.2) is 11.5 Å². The molecule has 4 rings (SSSR count). The number of nitrogens with zero attached hydrogens (tertiary/aromatic N) is 5. The number of rotatable bonds is 5. The van der Waals surface area contributed by atoms with E-state index in [9.17, 15) is 4.79 Å². The summed E-state index contributed by atoms with van der Waals surface area (Å²) in [7, 11) is 1.91. The highest BCUT2D eigenvalue weighted by atomic mass is 16.5. The van der Waals surface area contributed by atoms with Crippen LogP contribution in [0.15, 0.2) is 28.8 Å². The molecule has 0 saturated heterocycles. The summed E-state index contributed by atoms with van der Waals surface area (Å²) in [5, 5.41) is 8.40. The van der Waals surface area contributed by atoms with Gasteiger partial charge in [-0.15, -0.1) is 0 Å². The molecule has 0 aliphatic carbocycles. The van der Waals surface area contributed by atoms with Gasteiger partial charge in [0.2, 0.25) is 5.91 Å². The lowest BCUT2D eigenvalue weighted by atomic mass is 10.0. The number of fused-ring (bicyclic) bond motifs is 1. The van der Waals surface area contributed by atoms with Crippen molar-refractivity contribution in [1.29, 1.82) is 0 Å². The topological polar surface area (TPSA) is 86.3 Å². The Labute approximate surface area is 163 Å². The third kappa shape index (κ3) is 3.49. The molecular formula is C20H23N5O3. The van der Waals surface area contributed by atoms with E-state index in [1.54, 1.807) is 6.92 Å². The van der Waals surface area contributed by atoms with Crippen molar-refractivity contribution in [2.24, 2.45) is 7.05 Å². The molecule has 3 heterocycles. The van der Waals surface area contributed by atoms with E-state index in [-0.39, 0.29) is 5.91 Å². The van der Waals surface area contributed by atoms with E-state index in [0.717, 1.165) is 29.0 Å². The number of carbonyl (C=O) groups excluding carboxylic acids is 1. The van der Waals surface area contributed by atoms with Crippen LogP contribution < -0.4 is 4.74 Å². The van der Waals surface area contributed by atoms with Crippen molar-refractivity contribution >= 4 is 5.91 Å². The van der Waals surface area contributed by atoms with Gasteiger partial charge in [-0.25, -0.2) is 0 Å². The van der Waals surface area contributed by atoms with Gasteiger partial charge in [0.25, 0.3) is 5.89 Å². The Hall–Kier alpha value is -3.16. The molecule has 1 aliphatic heterocycles. The van der Waals surface area contributed by atoms with Crippen molar-refractivity contribution in [3.63, 3.8) is 0 Å². The van der Waals surface area contributed by atoms with Crippen LogP contribution in [0.2, 0.25) is 0 Å². The molecule has 0 radical (unpaired) electrons. The van der Waals surface area contributed by atoms with Crippen molar-refractivity contribution in [2.45, 2.75) is 33.2 Å². The molecule has 1 aliphatic rings. The van der Waals surface area contributed by atoms with Crippen LogP contribution in [-0.4, -0.2) is 43.9 Å². The molecule has 0 N–H and O–H groups in total. The molecule has 0 bridgehead atoms. The molecule has 146 valence electrons. The average molecular weight is 381 g/mol. The first-order chi connectivity index (χ1) is 13.5. The minimum atomic E-state index is 0.0892. The van der Waals surface area contributed by atoms with Gasteiger partial charge in [-0.05, 0) is 31.5 Å². The number of amides is 1. The first kappa shape index (κ1) is 18.2. The molecule has 1 aromatic carbocycles. The van der Waals surface area contributed by atoms with E-state index >= 15 is 0 Å². The molecule has 8 heteroatoms. The number of ether oxygens (including phenoxy) is 1. The maximum absolute atomic E-state index is 12.9. The van der Waals surface area contributed by atoms with E-state index in [4.69, 9.17) is 9.26 Å². The van der Waals surface area contributed by atoms with E-state index < -0.39 is 0 Å². The minimum absolute atomic E-state index is 0.0892. The van der Waals surface area contributed by atoms with Crippen LogP contribution in [0.5, 0.6) is 5.75 Å². The van der Waals surface area contributed by atoms with Crippen LogP contribution in [0.3, 0.4) is 0 Å². The van der Waals surface area contributed by atoms with Gasteiger partial charge in [0.1, 0.15) is 5.75 Å². The molecule has 0 unspecified atom stereocenters. The molecule has 0 saturated carbocycles. The van der Waals surface area contributed by atoms with E-state index in [1.807, 2.05) is 47.8 Å². The zero-order valence-electron chi connectivity index (χ0n) is 16.3. The first-order valence-corrected chi connectivity index (χ1v) is 9.40. The maximum Gasteiger partial charge on any atom is 0.278 e. The van der Waals surface area contributed by atoms with E-state index in [2.05, 4.69) is 15.2 Å². The fourth-order valence-electron chi connectivity index (χ4n) is 3.53. The highest BCUT2D eigenvalue weighted by Crippen LogP contribution is 2.29. The summed E-state index contributed by atoms with van der Waals surface area (Å²) in [4.78, 5) is 19.0. The lowest BCUT2D eigenvalue weighted by Gasteiger charge is -2.27. The Bertz CT molecular complexity index is 990. The minimum Gasteiger partial charge on any atom is -0.494 e. The van der Waals surface area contributed by atoms with Gasteiger partial charge in [-0.2, -0.15) is 10.1 Å². The molecule has 0 atom stereocenters. The molecule has 28 heavy (non-hydrogen) atoms. The second kappa shape index (κ2) is 7.46. The molecule has 0 fully saturated rings. The van der Waals surface area contributed by atoms with Crippen LogP contribution in [0.25, 0.3) is 11.6 Å². The lowest BCUT2D eigenvalue weighted by Crippen LogP contribution is -2.37. The van der Waals surface area contributed by atoms with Gasteiger partial charge in [-0.1, -0.05) is 17.3 Å². The molecule has 3 aromatic rings. The van der Waals surface area contributed by atoms with Crippen molar-refractivity contribution in [3.05, 3.63) is 46.9 Å². The van der Waals surface area contributed by atoms with Crippen molar-refractivity contribution < 1.29 is 14.1 Å². The Balaban J connectivity index is 1.51. The summed E-state index contributed by atoms with van der Waals surface area (Å²) in [5.41, 5.74) is 3.73. The summed E-state index contributed by atoms with van der Waals surface area (Å²) in [6.45, 7) is 5.52. The van der Waals surface area contributed by atoms with Crippen LogP contribution in [-0.2, 0) is 31.2 Å². The average Bonchev–Trinajstić information content (AvgIpc) is 3.26. The third-order valence-electron chi connectivity index (χ3n) is 4.91. The monoisotopic (exact) mass is 381 g/mol. The van der Waals surface area contributed by atoms with E-state index in [1.165, 1.54) is 0 Å². The van der Waals surface area contributed by atoms with Crippen LogP contribution in [0.1, 0.15) is 29.6 Å². The second-order valence-electron chi connectivity index (χ2n) is 6.86. The number of hydrogen-bond acceptors (Lipinski definition) is 6. The first-order valence-electron chi connectivity index (χ1n) is 9.40. The van der Waals surface area contributed by atoms with Crippen LogP contribution in [0, 0.1) is 6.92 Å². The summed E-state index contributed by atoms with van der Waals surface area (Å²) in [5.74, 6) is 1.87. The van der Waals surface area contributed by atoms with Gasteiger partial charge < -0.3 is 14.2 Å². The summed E-state index contributed by atoms with van der Waals surface area (Å²) in [6.07, 6.45) is 1.11. The van der Waals surface area contributed by atoms with Gasteiger partial charge in [0, 0.05) is 37.8 Å². The molecule has 8 nitrogen and oxygen atoms in total. The largest absolute Gasteiger partial charge is 0.494 e. The second-order valence-corrected chi connectivity index (χ2v) is 6.86. The fourth-order valence-corrected chi connectivity index (χ4v) is 3.53. The Kier molecular flexibility index (Phi) is 4.85. The van der Waals surface area contributed by atoms with Crippen molar-refractivity contribution in [3.8, 4) is 17.3 Å². The van der Waals surface area contributed by atoms with Crippen molar-refractivity contribution in [1.82, 2.24) is 24.8 Å². The maximum atomic E-state index is 12.9. The number of carbonyl (C=O) groups is 1. The SMILES string of the molecule is CCOc1ccc(CC(=O)N2CCc3c(c(-c4nc(C)no4)nn3C)C2)cc1. The number of hydrogen-bond donors (Lipinski definition) is 0. The van der Waals surface area contributed by atoms with Gasteiger partial charge >= 0.3 is 0 Å². The number of aromatic nitrogens is 4. The highest BCUT2D eigenvalue weighted by Gasteiger charge is 2.29. The zero-order valence-corrected chi connectivity index (χ0v) is 16.3. The molecular weight excluding hydrogens is 358 g/mol. The zero-order chi connectivity index (χ0) is 19.7. The lowest BCUT2D eigenvalue weighted by molar-refractivity contribution is -0.131. The third-order valence-corrected chi connectivity index (χ3v) is 4.91. The molecule has 0 spiro atoms. The Morgan fingerprint density at radius 2 is 2.07 bits per heavy atom. The van der Waals surface area contributed by atoms with Crippen LogP contribution in [0.4, 0.5) is 0 Å². The normalized spacial score (nSPS) is 13.5. The van der Waals surface area contributed by atoms with Crippen molar-refractivity contribution in [2.75, 3.05) is 13.2 Å². The number of benzene rings is 1. The molecule has 2 aromatic heterocycles. The highest BCUT2D eigenvalue weighted by molar-refractivity contribution is 5.79. The predicted octanol–water partition coefficient (Wildman–Crippen LogP) is 2.30. The molecule has 1 amide bonds. The fraction of sp³-hybridized carbons (Fsp3) is 0.400. The number of aryl methyl sites for hydroxylation is 2. The summed E-state index contributed by atoms with van der Waals surface area (Å²) < 4.78 is 12.6. The standard InChI is InChI=1S/C20H23N5O3/c1-4-27-15-7-5-14(6-8-15)11-18(26)25-10-9-17-16(12-25)19(22-24(17)3)20-21-13(2)23-28-20/h5-8H,4,9-12H2,1-3H3. The van der Waals surface area contributed by atoms with Gasteiger partial charge in [-0.3, -0.25) is 9.48 Å². The Morgan fingerprint density at radius 3 is 2.75 bits per heavy atom. The summed E-state index contributed by atoms with van der Waals surface area (Å²) >= 11 is 0. The van der Waals surface area contributed by atoms with Gasteiger partial charge in [0.05, 0.1) is 13.0 Å². The smallest absolute Gasteiger partial charge is 0.278 e. The summed E-state index contributed by atoms with van der Waals surface area (Å²) in [6, 6.07) is 7.68. The quantitative estimate of drug-likeness (QED) is 0.674. The predicted molar refractivity (Wildman–Crippen MR) is 102 cm³/mol. The van der Waals surface area contributed by atoms with E-state index in [0.29, 0.717) is 43.5 Å². The van der Waals surface area contributed by atoms with Crippen LogP contribution >= 0.6 is 0 Å². The Morgan fingerprint density at radius 1 is 1.29 bits per heavy atom.